The molecule has 9 nitrogen and oxygen atoms in total. The smallest absolute Gasteiger partial charge is 0.338 e. The van der Waals surface area contributed by atoms with Gasteiger partial charge in [0.2, 0.25) is 5.89 Å². The molecule has 134 valence electrons. The van der Waals surface area contributed by atoms with Gasteiger partial charge in [0.25, 0.3) is 11.6 Å². The fourth-order valence-corrected chi connectivity index (χ4v) is 2.24. The van der Waals surface area contributed by atoms with Crippen LogP contribution in [0.2, 0.25) is 0 Å². The molecule has 2 aromatic carbocycles. The Hall–Kier alpha value is -4.06. The van der Waals surface area contributed by atoms with Gasteiger partial charge in [-0.25, -0.2) is 4.79 Å². The van der Waals surface area contributed by atoms with Crippen LogP contribution in [0.4, 0.5) is 5.69 Å². The minimum Gasteiger partial charge on any atom is -0.449 e. The number of carbonyl (C=O) groups is 1. The number of non-ortho nitro benzene ring substituents is 1. The molecule has 0 fully saturated rings. The van der Waals surface area contributed by atoms with Gasteiger partial charge in [0.15, 0.2) is 6.10 Å². The van der Waals surface area contributed by atoms with Crippen molar-refractivity contribution in [3.05, 3.63) is 75.7 Å². The zero-order valence-corrected chi connectivity index (χ0v) is 14.0. The molecule has 1 atom stereocenters. The van der Waals surface area contributed by atoms with E-state index in [1.165, 1.54) is 36.4 Å². The number of hydrogen-bond donors (Lipinski definition) is 0. The topological polar surface area (TPSA) is 132 Å². The fourth-order valence-electron chi connectivity index (χ4n) is 2.24. The highest BCUT2D eigenvalue weighted by Gasteiger charge is 2.20. The van der Waals surface area contributed by atoms with Crippen molar-refractivity contribution in [2.24, 2.45) is 0 Å². The summed E-state index contributed by atoms with van der Waals surface area (Å²) in [5.74, 6) is -0.405. The quantitative estimate of drug-likeness (QED) is 0.382. The molecule has 0 bridgehead atoms. The minimum atomic E-state index is -0.817. The minimum absolute atomic E-state index is 0.0552. The molecule has 0 aliphatic carbocycles. The number of nitrogens with zero attached hydrogens (tertiary/aromatic N) is 4. The molecule has 9 heteroatoms. The largest absolute Gasteiger partial charge is 0.449 e. The molecule has 0 radical (unpaired) electrons. The highest BCUT2D eigenvalue weighted by molar-refractivity contribution is 5.89. The summed E-state index contributed by atoms with van der Waals surface area (Å²) in [6.45, 7) is 1.57. The third kappa shape index (κ3) is 3.96. The number of nitriles is 1. The molecule has 0 amide bonds. The summed E-state index contributed by atoms with van der Waals surface area (Å²) in [5, 5.41) is 27.3. The van der Waals surface area contributed by atoms with Crippen LogP contribution < -0.4 is 0 Å². The van der Waals surface area contributed by atoms with Gasteiger partial charge in [0.1, 0.15) is 0 Å². The van der Waals surface area contributed by atoms with E-state index in [-0.39, 0.29) is 23.0 Å². The Bertz CT molecular complexity index is 1040. The summed E-state index contributed by atoms with van der Waals surface area (Å²) in [5.41, 5.74) is 1.02. The van der Waals surface area contributed by atoms with E-state index in [1.54, 1.807) is 19.1 Å². The van der Waals surface area contributed by atoms with Crippen molar-refractivity contribution < 1.29 is 18.9 Å². The summed E-state index contributed by atoms with van der Waals surface area (Å²) >= 11 is 0. The summed E-state index contributed by atoms with van der Waals surface area (Å²) in [7, 11) is 0. The van der Waals surface area contributed by atoms with Crippen LogP contribution in [0.5, 0.6) is 0 Å². The first-order chi connectivity index (χ1) is 13.0. The standard InChI is InChI=1S/C18H12N4O5/c1-11(26-18(23)14-4-2-3-12(9-14)10-19)16-20-21-17(27-16)13-5-7-15(8-6-13)22(24)25/h2-9,11H,1H3/t11-/m1/s1. The maximum Gasteiger partial charge on any atom is 0.338 e. The number of nitro benzene ring substituents is 1. The van der Waals surface area contributed by atoms with Crippen molar-refractivity contribution in [2.75, 3.05) is 0 Å². The van der Waals surface area contributed by atoms with E-state index in [0.717, 1.165) is 0 Å². The molecule has 0 aliphatic rings. The van der Waals surface area contributed by atoms with Crippen molar-refractivity contribution in [3.8, 4) is 17.5 Å². The summed E-state index contributed by atoms with van der Waals surface area (Å²) in [6, 6.07) is 13.7. The predicted molar refractivity (Wildman–Crippen MR) is 91.4 cm³/mol. The highest BCUT2D eigenvalue weighted by Crippen LogP contribution is 2.24. The second-order valence-electron chi connectivity index (χ2n) is 5.49. The van der Waals surface area contributed by atoms with Crippen LogP contribution in [0.1, 0.15) is 34.8 Å². The molecule has 0 saturated carbocycles. The average molecular weight is 364 g/mol. The second-order valence-corrected chi connectivity index (χ2v) is 5.49. The number of hydrogen-bond acceptors (Lipinski definition) is 8. The molecule has 0 saturated heterocycles. The Morgan fingerprint density at radius 3 is 2.67 bits per heavy atom. The molecular formula is C18H12N4O5. The summed E-state index contributed by atoms with van der Waals surface area (Å²) < 4.78 is 10.8. The Balaban J connectivity index is 1.72. The molecule has 3 rings (SSSR count). The van der Waals surface area contributed by atoms with Gasteiger partial charge in [-0.15, -0.1) is 10.2 Å². The normalized spacial score (nSPS) is 11.4. The van der Waals surface area contributed by atoms with E-state index in [4.69, 9.17) is 14.4 Å². The Kier molecular flexibility index (Phi) is 4.90. The van der Waals surface area contributed by atoms with Gasteiger partial charge in [-0.3, -0.25) is 10.1 Å². The lowest BCUT2D eigenvalue weighted by molar-refractivity contribution is -0.384. The number of nitro groups is 1. The van der Waals surface area contributed by atoms with E-state index in [2.05, 4.69) is 10.2 Å². The number of benzene rings is 2. The van der Waals surface area contributed by atoms with Crippen LogP contribution in [0.25, 0.3) is 11.5 Å². The number of aromatic nitrogens is 2. The Morgan fingerprint density at radius 2 is 2.00 bits per heavy atom. The highest BCUT2D eigenvalue weighted by atomic mass is 16.6. The average Bonchev–Trinajstić information content (AvgIpc) is 3.18. The van der Waals surface area contributed by atoms with Crippen molar-refractivity contribution in [2.45, 2.75) is 13.0 Å². The maximum absolute atomic E-state index is 12.2. The molecule has 1 aromatic heterocycles. The molecule has 1 heterocycles. The van der Waals surface area contributed by atoms with Crippen molar-refractivity contribution >= 4 is 11.7 Å². The van der Waals surface area contributed by atoms with E-state index >= 15 is 0 Å². The monoisotopic (exact) mass is 364 g/mol. The van der Waals surface area contributed by atoms with Crippen molar-refractivity contribution in [3.63, 3.8) is 0 Å². The summed E-state index contributed by atoms with van der Waals surface area (Å²) in [6.07, 6.45) is -0.817. The van der Waals surface area contributed by atoms with Crippen LogP contribution >= 0.6 is 0 Å². The molecule has 27 heavy (non-hydrogen) atoms. The zero-order chi connectivity index (χ0) is 19.4. The first-order valence-corrected chi connectivity index (χ1v) is 7.77. The van der Waals surface area contributed by atoms with Crippen molar-refractivity contribution in [1.82, 2.24) is 10.2 Å². The zero-order valence-electron chi connectivity index (χ0n) is 14.0. The molecular weight excluding hydrogens is 352 g/mol. The van der Waals surface area contributed by atoms with E-state index in [9.17, 15) is 14.9 Å². The van der Waals surface area contributed by atoms with E-state index in [1.807, 2.05) is 6.07 Å². The van der Waals surface area contributed by atoms with Gasteiger partial charge in [0, 0.05) is 17.7 Å². The third-order valence-corrected chi connectivity index (χ3v) is 3.62. The molecule has 3 aromatic rings. The Morgan fingerprint density at radius 1 is 1.26 bits per heavy atom. The van der Waals surface area contributed by atoms with E-state index in [0.29, 0.717) is 11.1 Å². The third-order valence-electron chi connectivity index (χ3n) is 3.62. The van der Waals surface area contributed by atoms with E-state index < -0.39 is 17.0 Å². The number of rotatable bonds is 5. The summed E-state index contributed by atoms with van der Waals surface area (Å²) in [4.78, 5) is 22.4. The maximum atomic E-state index is 12.2. The van der Waals surface area contributed by atoms with Crippen LogP contribution in [-0.2, 0) is 4.74 Å². The first kappa shape index (κ1) is 17.8. The van der Waals surface area contributed by atoms with Crippen LogP contribution in [0, 0.1) is 21.4 Å². The van der Waals surface area contributed by atoms with Crippen LogP contribution in [0.3, 0.4) is 0 Å². The van der Waals surface area contributed by atoms with Gasteiger partial charge in [-0.05, 0) is 37.3 Å². The predicted octanol–water partition coefficient (Wildman–Crippen LogP) is 3.43. The number of esters is 1. The van der Waals surface area contributed by atoms with Gasteiger partial charge in [0.05, 0.1) is 22.1 Å². The molecule has 0 spiro atoms. The van der Waals surface area contributed by atoms with Gasteiger partial charge in [-0.1, -0.05) is 6.07 Å². The molecule has 0 unspecified atom stereocenters. The van der Waals surface area contributed by atoms with Gasteiger partial charge >= 0.3 is 5.97 Å². The number of ether oxygens (including phenoxy) is 1. The van der Waals surface area contributed by atoms with Crippen LogP contribution in [0.15, 0.2) is 52.9 Å². The number of carbonyl (C=O) groups excluding carboxylic acids is 1. The lowest BCUT2D eigenvalue weighted by Crippen LogP contribution is -2.09. The first-order valence-electron chi connectivity index (χ1n) is 7.77. The van der Waals surface area contributed by atoms with Crippen LogP contribution in [-0.4, -0.2) is 21.1 Å². The van der Waals surface area contributed by atoms with Crippen molar-refractivity contribution in [1.29, 1.82) is 5.26 Å². The lowest BCUT2D eigenvalue weighted by Gasteiger charge is -2.09. The molecule has 0 N–H and O–H groups in total. The SMILES string of the molecule is C[C@@H](OC(=O)c1cccc(C#N)c1)c1nnc(-c2ccc([N+](=O)[O-])cc2)o1. The fraction of sp³-hybridized carbons (Fsp3) is 0.111. The van der Waals surface area contributed by atoms with Gasteiger partial charge < -0.3 is 9.15 Å². The Labute approximate surface area is 153 Å². The molecule has 0 aliphatic heterocycles. The second kappa shape index (κ2) is 7.45. The van der Waals surface area contributed by atoms with Gasteiger partial charge in [-0.2, -0.15) is 5.26 Å². The lowest BCUT2D eigenvalue weighted by atomic mass is 10.1.